The van der Waals surface area contributed by atoms with Crippen molar-refractivity contribution in [3.05, 3.63) is 23.0 Å². The lowest BCUT2D eigenvalue weighted by Gasteiger charge is -2.21. The fourth-order valence-corrected chi connectivity index (χ4v) is 2.88. The minimum absolute atomic E-state index is 0.494. The number of anilines is 1. The van der Waals surface area contributed by atoms with E-state index in [4.69, 9.17) is 10.2 Å². The highest BCUT2D eigenvalue weighted by Gasteiger charge is 2.19. The molecule has 1 saturated carbocycles. The molecule has 0 amide bonds. The van der Waals surface area contributed by atoms with E-state index in [1.54, 1.807) is 0 Å². The van der Waals surface area contributed by atoms with Gasteiger partial charge in [0, 0.05) is 6.20 Å². The van der Waals surface area contributed by atoms with Crippen LogP contribution in [0.1, 0.15) is 38.1 Å². The van der Waals surface area contributed by atoms with Crippen molar-refractivity contribution in [2.75, 3.05) is 5.73 Å². The van der Waals surface area contributed by atoms with Crippen molar-refractivity contribution in [1.82, 2.24) is 9.78 Å². The first-order valence-electron chi connectivity index (χ1n) is 6.34. The van der Waals surface area contributed by atoms with Gasteiger partial charge in [-0.1, -0.05) is 19.3 Å². The van der Waals surface area contributed by atoms with Crippen molar-refractivity contribution in [3.8, 4) is 11.5 Å². The van der Waals surface area contributed by atoms with E-state index >= 15 is 0 Å². The molecule has 0 spiro atoms. The SMILES string of the molecule is Nc1cn(C2CCCCC2)nc1-c1ccc(Br)o1. The van der Waals surface area contributed by atoms with Crippen LogP contribution in [-0.2, 0) is 0 Å². The Hall–Kier alpha value is -1.23. The number of furan rings is 1. The third kappa shape index (κ3) is 2.19. The molecule has 4 nitrogen and oxygen atoms in total. The number of rotatable bonds is 2. The van der Waals surface area contributed by atoms with E-state index in [9.17, 15) is 0 Å². The zero-order valence-electron chi connectivity index (χ0n) is 10.1. The Morgan fingerprint density at radius 1 is 1.28 bits per heavy atom. The quantitative estimate of drug-likeness (QED) is 0.912. The first-order valence-corrected chi connectivity index (χ1v) is 7.13. The van der Waals surface area contributed by atoms with Gasteiger partial charge in [-0.3, -0.25) is 4.68 Å². The summed E-state index contributed by atoms with van der Waals surface area (Å²) in [5, 5.41) is 4.59. The average Bonchev–Trinajstić information content (AvgIpc) is 2.97. The summed E-state index contributed by atoms with van der Waals surface area (Å²) in [7, 11) is 0. The fraction of sp³-hybridized carbons (Fsp3) is 0.462. The summed E-state index contributed by atoms with van der Waals surface area (Å²) in [5.41, 5.74) is 7.46. The number of nitrogen functional groups attached to an aromatic ring is 1. The highest BCUT2D eigenvalue weighted by molar-refractivity contribution is 9.10. The van der Waals surface area contributed by atoms with Gasteiger partial charge in [0.1, 0.15) is 0 Å². The van der Waals surface area contributed by atoms with E-state index in [2.05, 4.69) is 21.0 Å². The molecule has 3 rings (SSSR count). The number of hydrogen-bond acceptors (Lipinski definition) is 3. The Bertz CT molecular complexity index is 540. The molecule has 1 aliphatic carbocycles. The molecule has 2 aromatic rings. The van der Waals surface area contributed by atoms with Crippen LogP contribution in [0.5, 0.6) is 0 Å². The third-order valence-electron chi connectivity index (χ3n) is 3.52. The van der Waals surface area contributed by atoms with E-state index in [0.29, 0.717) is 22.2 Å². The summed E-state index contributed by atoms with van der Waals surface area (Å²) < 4.78 is 8.22. The minimum atomic E-state index is 0.494. The molecule has 2 N–H and O–H groups in total. The van der Waals surface area contributed by atoms with Gasteiger partial charge in [-0.2, -0.15) is 5.10 Å². The Morgan fingerprint density at radius 2 is 2.06 bits per heavy atom. The standard InChI is InChI=1S/C13H16BrN3O/c14-12-7-6-11(18-12)13-10(15)8-17(16-13)9-4-2-1-3-5-9/h6-9H,1-5,15H2. The second-order valence-electron chi connectivity index (χ2n) is 4.81. The summed E-state index contributed by atoms with van der Waals surface area (Å²) in [6.45, 7) is 0. The topological polar surface area (TPSA) is 57.0 Å². The molecule has 2 aromatic heterocycles. The smallest absolute Gasteiger partial charge is 0.169 e. The lowest BCUT2D eigenvalue weighted by molar-refractivity contribution is 0.329. The molecular formula is C13H16BrN3O. The Labute approximate surface area is 114 Å². The molecular weight excluding hydrogens is 294 g/mol. The molecule has 0 bridgehead atoms. The number of nitrogens with zero attached hydrogens (tertiary/aromatic N) is 2. The summed E-state index contributed by atoms with van der Waals surface area (Å²) in [6, 6.07) is 4.23. The van der Waals surface area contributed by atoms with Gasteiger partial charge in [0.2, 0.25) is 0 Å². The molecule has 18 heavy (non-hydrogen) atoms. The summed E-state index contributed by atoms with van der Waals surface area (Å²) in [5.74, 6) is 0.717. The highest BCUT2D eigenvalue weighted by Crippen LogP contribution is 2.32. The highest BCUT2D eigenvalue weighted by atomic mass is 79.9. The Balaban J connectivity index is 1.90. The molecule has 0 atom stereocenters. The molecule has 1 aliphatic rings. The van der Waals surface area contributed by atoms with Gasteiger partial charge in [-0.25, -0.2) is 0 Å². The summed E-state index contributed by atoms with van der Waals surface area (Å²) in [6.07, 6.45) is 8.23. The summed E-state index contributed by atoms with van der Waals surface area (Å²) >= 11 is 3.30. The second-order valence-corrected chi connectivity index (χ2v) is 5.59. The van der Waals surface area contributed by atoms with Crippen molar-refractivity contribution >= 4 is 21.6 Å². The number of halogens is 1. The Kier molecular flexibility index (Phi) is 3.16. The molecule has 0 aliphatic heterocycles. The van der Waals surface area contributed by atoms with Crippen LogP contribution >= 0.6 is 15.9 Å². The van der Waals surface area contributed by atoms with E-state index < -0.39 is 0 Å². The lowest BCUT2D eigenvalue weighted by Crippen LogP contribution is -2.13. The molecule has 1 fully saturated rings. The zero-order valence-corrected chi connectivity index (χ0v) is 11.7. The first-order chi connectivity index (χ1) is 8.74. The molecule has 0 radical (unpaired) electrons. The number of nitrogens with two attached hydrogens (primary N) is 1. The molecule has 0 saturated heterocycles. The average molecular weight is 310 g/mol. The van der Waals surface area contributed by atoms with Crippen molar-refractivity contribution in [2.24, 2.45) is 0 Å². The maximum Gasteiger partial charge on any atom is 0.169 e. The van der Waals surface area contributed by atoms with Gasteiger partial charge in [0.15, 0.2) is 16.1 Å². The van der Waals surface area contributed by atoms with Crippen LogP contribution in [0.4, 0.5) is 5.69 Å². The van der Waals surface area contributed by atoms with Crippen molar-refractivity contribution in [2.45, 2.75) is 38.1 Å². The van der Waals surface area contributed by atoms with Gasteiger partial charge in [-0.05, 0) is 40.9 Å². The van der Waals surface area contributed by atoms with Crippen LogP contribution in [0.2, 0.25) is 0 Å². The van der Waals surface area contributed by atoms with Crippen LogP contribution in [0.25, 0.3) is 11.5 Å². The van der Waals surface area contributed by atoms with Crippen molar-refractivity contribution in [3.63, 3.8) is 0 Å². The molecule has 5 heteroatoms. The number of hydrogen-bond donors (Lipinski definition) is 1. The predicted molar refractivity (Wildman–Crippen MR) is 74.2 cm³/mol. The summed E-state index contributed by atoms with van der Waals surface area (Å²) in [4.78, 5) is 0. The fourth-order valence-electron chi connectivity index (χ4n) is 2.57. The van der Waals surface area contributed by atoms with Crippen LogP contribution in [-0.4, -0.2) is 9.78 Å². The zero-order chi connectivity index (χ0) is 12.5. The molecule has 2 heterocycles. The maximum absolute atomic E-state index is 6.03. The van der Waals surface area contributed by atoms with E-state index in [0.717, 1.165) is 5.69 Å². The normalized spacial score (nSPS) is 17.2. The largest absolute Gasteiger partial charge is 0.448 e. The van der Waals surface area contributed by atoms with Crippen molar-refractivity contribution in [1.29, 1.82) is 0 Å². The Morgan fingerprint density at radius 3 is 2.72 bits per heavy atom. The predicted octanol–water partition coefficient (Wildman–Crippen LogP) is 3.99. The van der Waals surface area contributed by atoms with Crippen LogP contribution < -0.4 is 5.73 Å². The monoisotopic (exact) mass is 309 g/mol. The minimum Gasteiger partial charge on any atom is -0.448 e. The van der Waals surface area contributed by atoms with E-state index in [1.165, 1.54) is 32.1 Å². The van der Waals surface area contributed by atoms with Gasteiger partial charge in [-0.15, -0.1) is 0 Å². The van der Waals surface area contributed by atoms with Gasteiger partial charge in [0.05, 0.1) is 11.7 Å². The lowest BCUT2D eigenvalue weighted by atomic mass is 9.96. The van der Waals surface area contributed by atoms with Gasteiger partial charge in [0.25, 0.3) is 0 Å². The third-order valence-corrected chi connectivity index (χ3v) is 3.94. The maximum atomic E-state index is 6.03. The first kappa shape index (κ1) is 11.8. The van der Waals surface area contributed by atoms with Crippen LogP contribution in [0, 0.1) is 0 Å². The second kappa shape index (κ2) is 4.80. The number of aromatic nitrogens is 2. The molecule has 96 valence electrons. The molecule has 0 aromatic carbocycles. The van der Waals surface area contributed by atoms with Crippen molar-refractivity contribution < 1.29 is 4.42 Å². The van der Waals surface area contributed by atoms with E-state index in [1.807, 2.05) is 23.0 Å². The van der Waals surface area contributed by atoms with E-state index in [-0.39, 0.29) is 0 Å². The van der Waals surface area contributed by atoms with Gasteiger partial charge >= 0.3 is 0 Å². The molecule has 0 unspecified atom stereocenters. The van der Waals surface area contributed by atoms with Gasteiger partial charge < -0.3 is 10.2 Å². The van der Waals surface area contributed by atoms with Crippen LogP contribution in [0.15, 0.2) is 27.4 Å². The van der Waals surface area contributed by atoms with Crippen LogP contribution in [0.3, 0.4) is 0 Å².